The van der Waals surface area contributed by atoms with Crippen molar-refractivity contribution in [3.05, 3.63) is 93.0 Å². The molecule has 1 aliphatic carbocycles. The molecule has 1 amide bonds. The number of methoxy groups -OCH3 is 3. The lowest BCUT2D eigenvalue weighted by atomic mass is 9.73. The molecule has 0 radical (unpaired) electrons. The van der Waals surface area contributed by atoms with E-state index in [0.29, 0.717) is 38.8 Å². The van der Waals surface area contributed by atoms with Crippen LogP contribution in [0.3, 0.4) is 0 Å². The van der Waals surface area contributed by atoms with Gasteiger partial charge in [0.2, 0.25) is 5.75 Å². The molecule has 202 valence electrons. The van der Waals surface area contributed by atoms with Gasteiger partial charge in [0.05, 0.1) is 33.1 Å². The Kier molecular flexibility index (Phi) is 7.87. The maximum Gasteiger partial charge on any atom is 0.274 e. The van der Waals surface area contributed by atoms with Gasteiger partial charge in [-0.05, 0) is 77.9 Å². The normalized spacial score (nSPS) is 21.4. The maximum absolute atomic E-state index is 14.2. The van der Waals surface area contributed by atoms with Crippen LogP contribution >= 0.6 is 23.2 Å². The summed E-state index contributed by atoms with van der Waals surface area (Å²) in [4.78, 5) is 14.2. The minimum Gasteiger partial charge on any atom is -0.493 e. The summed E-state index contributed by atoms with van der Waals surface area (Å²) >= 11 is 12.3. The lowest BCUT2D eigenvalue weighted by molar-refractivity contribution is 0.0675. The van der Waals surface area contributed by atoms with E-state index in [9.17, 15) is 4.79 Å². The Hall–Kier alpha value is -3.48. The molecule has 3 aromatic carbocycles. The summed E-state index contributed by atoms with van der Waals surface area (Å²) in [5.41, 5.74) is 4.47. The Morgan fingerprint density at radius 3 is 2.08 bits per heavy atom. The largest absolute Gasteiger partial charge is 0.493 e. The van der Waals surface area contributed by atoms with Crippen molar-refractivity contribution in [3.8, 4) is 17.2 Å². The van der Waals surface area contributed by atoms with E-state index in [4.69, 9.17) is 42.5 Å². The molecule has 2 aliphatic rings. The first-order valence-electron chi connectivity index (χ1n) is 12.8. The van der Waals surface area contributed by atoms with Gasteiger partial charge in [-0.1, -0.05) is 54.4 Å². The van der Waals surface area contributed by atoms with Crippen LogP contribution in [0.2, 0.25) is 10.0 Å². The fourth-order valence-electron chi connectivity index (χ4n) is 5.55. The molecule has 3 atom stereocenters. The Bertz CT molecular complexity index is 1410. The van der Waals surface area contributed by atoms with Crippen LogP contribution in [-0.2, 0) is 0 Å². The minimum absolute atomic E-state index is 0.0273. The fraction of sp³-hybridized carbons (Fsp3) is 0.290. The van der Waals surface area contributed by atoms with Gasteiger partial charge in [0, 0.05) is 21.5 Å². The van der Waals surface area contributed by atoms with E-state index >= 15 is 0 Å². The fourth-order valence-corrected chi connectivity index (χ4v) is 5.80. The first-order valence-corrected chi connectivity index (χ1v) is 13.5. The van der Waals surface area contributed by atoms with E-state index < -0.39 is 0 Å². The summed E-state index contributed by atoms with van der Waals surface area (Å²) < 4.78 is 16.5. The predicted molar refractivity (Wildman–Crippen MR) is 155 cm³/mol. The second-order valence-corrected chi connectivity index (χ2v) is 10.8. The van der Waals surface area contributed by atoms with E-state index in [-0.39, 0.29) is 17.9 Å². The number of hydrogen-bond donors (Lipinski definition) is 0. The molecule has 0 saturated heterocycles. The van der Waals surface area contributed by atoms with Crippen molar-refractivity contribution < 1.29 is 19.0 Å². The zero-order valence-electron chi connectivity index (χ0n) is 22.3. The summed E-state index contributed by atoms with van der Waals surface area (Å²) in [6, 6.07) is 18.4. The average molecular weight is 565 g/mol. The maximum atomic E-state index is 14.2. The highest BCUT2D eigenvalue weighted by Gasteiger charge is 2.45. The van der Waals surface area contributed by atoms with Crippen LogP contribution in [0.1, 0.15) is 47.3 Å². The smallest absolute Gasteiger partial charge is 0.274 e. The van der Waals surface area contributed by atoms with Gasteiger partial charge in [-0.25, -0.2) is 5.01 Å². The topological polar surface area (TPSA) is 60.4 Å². The third-order valence-electron chi connectivity index (χ3n) is 7.31. The molecule has 5 rings (SSSR count). The third-order valence-corrected chi connectivity index (χ3v) is 7.81. The summed E-state index contributed by atoms with van der Waals surface area (Å²) in [6.45, 7) is 2.25. The second kappa shape index (κ2) is 11.3. The zero-order valence-corrected chi connectivity index (χ0v) is 23.8. The number of carbonyl (C=O) groups is 1. The first kappa shape index (κ1) is 27.1. The first-order chi connectivity index (χ1) is 18.8. The Balaban J connectivity index is 1.62. The molecule has 8 heteroatoms. The Labute approximate surface area is 238 Å². The van der Waals surface area contributed by atoms with Gasteiger partial charge in [-0.2, -0.15) is 5.10 Å². The van der Waals surface area contributed by atoms with E-state index in [1.807, 2.05) is 48.5 Å². The number of amides is 1. The number of hydrazone groups is 1. The molecule has 3 unspecified atom stereocenters. The van der Waals surface area contributed by atoms with Crippen LogP contribution < -0.4 is 14.2 Å². The molecule has 1 saturated carbocycles. The molecular formula is C31H30Cl2N2O4. The minimum atomic E-state index is -0.291. The van der Waals surface area contributed by atoms with Gasteiger partial charge in [-0.15, -0.1) is 0 Å². The number of hydrogen-bond acceptors (Lipinski definition) is 5. The second-order valence-electron chi connectivity index (χ2n) is 9.92. The van der Waals surface area contributed by atoms with E-state index in [0.717, 1.165) is 35.3 Å². The SMILES string of the molecule is COc1cc(C(=O)N2N=C3C(=Cc4ccc(Cl)cc4)CC(C)CC3C2c2ccc(Cl)cc2)cc(OC)c1OC. The van der Waals surface area contributed by atoms with Gasteiger partial charge < -0.3 is 14.2 Å². The molecule has 3 aromatic rings. The number of halogens is 2. The van der Waals surface area contributed by atoms with Crippen LogP contribution in [-0.4, -0.2) is 38.0 Å². The van der Waals surface area contributed by atoms with E-state index in [1.165, 1.54) is 21.3 Å². The van der Waals surface area contributed by atoms with Crippen LogP contribution in [0, 0.1) is 11.8 Å². The molecule has 0 N–H and O–H groups in total. The number of allylic oxidation sites excluding steroid dienone is 1. The number of benzene rings is 3. The highest BCUT2D eigenvalue weighted by atomic mass is 35.5. The highest BCUT2D eigenvalue weighted by Crippen LogP contribution is 2.47. The van der Waals surface area contributed by atoms with Crippen molar-refractivity contribution in [1.29, 1.82) is 0 Å². The average Bonchev–Trinajstić information content (AvgIpc) is 3.32. The van der Waals surface area contributed by atoms with Crippen molar-refractivity contribution in [3.63, 3.8) is 0 Å². The quantitative estimate of drug-likeness (QED) is 0.307. The van der Waals surface area contributed by atoms with Crippen LogP contribution in [0.15, 0.2) is 71.3 Å². The lowest BCUT2D eigenvalue weighted by Crippen LogP contribution is -2.33. The van der Waals surface area contributed by atoms with Crippen LogP contribution in [0.5, 0.6) is 17.2 Å². The van der Waals surface area contributed by atoms with Crippen LogP contribution in [0.4, 0.5) is 0 Å². The predicted octanol–water partition coefficient (Wildman–Crippen LogP) is 7.70. The molecule has 1 heterocycles. The molecule has 0 spiro atoms. The van der Waals surface area contributed by atoms with E-state index in [2.05, 4.69) is 13.0 Å². The number of carbonyl (C=O) groups excluding carboxylic acids is 1. The van der Waals surface area contributed by atoms with Crippen molar-refractivity contribution in [2.45, 2.75) is 25.8 Å². The highest BCUT2D eigenvalue weighted by molar-refractivity contribution is 6.30. The summed E-state index contributed by atoms with van der Waals surface area (Å²) in [5, 5.41) is 7.95. The standard InChI is InChI=1S/C31H30Cl2N2O4/c1-18-13-21(15-19-5-9-23(32)10-6-19)28-25(14-18)29(20-7-11-24(33)12-8-20)35(34-28)31(36)22-16-26(37-2)30(39-4)27(17-22)38-3/h5-12,15-18,25,29H,13-14H2,1-4H3. The van der Waals surface area contributed by atoms with Gasteiger partial charge in [0.25, 0.3) is 5.91 Å². The summed E-state index contributed by atoms with van der Waals surface area (Å²) in [5.74, 6) is 1.43. The van der Waals surface area contributed by atoms with Crippen molar-refractivity contribution in [2.75, 3.05) is 21.3 Å². The zero-order chi connectivity index (χ0) is 27.7. The van der Waals surface area contributed by atoms with Gasteiger partial charge in [0.15, 0.2) is 11.5 Å². The molecule has 39 heavy (non-hydrogen) atoms. The monoisotopic (exact) mass is 564 g/mol. The molecule has 0 bridgehead atoms. The number of nitrogens with zero attached hydrogens (tertiary/aromatic N) is 2. The van der Waals surface area contributed by atoms with Gasteiger partial charge >= 0.3 is 0 Å². The summed E-state index contributed by atoms with van der Waals surface area (Å²) in [7, 11) is 4.59. The summed E-state index contributed by atoms with van der Waals surface area (Å²) in [6.07, 6.45) is 3.94. The lowest BCUT2D eigenvalue weighted by Gasteiger charge is -2.32. The van der Waals surface area contributed by atoms with Crippen molar-refractivity contribution >= 4 is 40.9 Å². The number of fused-ring (bicyclic) bond motifs is 1. The number of ether oxygens (including phenoxy) is 3. The Morgan fingerprint density at radius 2 is 1.51 bits per heavy atom. The molecule has 0 aromatic heterocycles. The molecule has 1 fully saturated rings. The molecule has 1 aliphatic heterocycles. The van der Waals surface area contributed by atoms with Crippen molar-refractivity contribution in [2.24, 2.45) is 16.9 Å². The number of rotatable bonds is 6. The van der Waals surface area contributed by atoms with Gasteiger partial charge in [-0.3, -0.25) is 4.79 Å². The van der Waals surface area contributed by atoms with E-state index in [1.54, 1.807) is 17.1 Å². The van der Waals surface area contributed by atoms with Crippen molar-refractivity contribution in [1.82, 2.24) is 5.01 Å². The molecule has 6 nitrogen and oxygen atoms in total. The van der Waals surface area contributed by atoms with Gasteiger partial charge in [0.1, 0.15) is 0 Å². The third kappa shape index (κ3) is 5.36. The molecular weight excluding hydrogens is 535 g/mol. The Morgan fingerprint density at radius 1 is 0.923 bits per heavy atom. The van der Waals surface area contributed by atoms with Crippen LogP contribution in [0.25, 0.3) is 6.08 Å².